The Bertz CT molecular complexity index is 300. The molecule has 0 spiro atoms. The van der Waals surface area contributed by atoms with Gasteiger partial charge in [0.15, 0.2) is 6.10 Å². The molecule has 1 aliphatic heterocycles. The van der Waals surface area contributed by atoms with Crippen molar-refractivity contribution in [1.82, 2.24) is 0 Å². The van der Waals surface area contributed by atoms with Gasteiger partial charge in [-0.2, -0.15) is 0 Å². The summed E-state index contributed by atoms with van der Waals surface area (Å²) in [5.74, 6) is -1.04. The Morgan fingerprint density at radius 3 is 2.64 bits per heavy atom. The number of azide groups is 1. The normalized spacial score (nSPS) is 33.0. The van der Waals surface area contributed by atoms with Crippen LogP contribution in [0.25, 0.3) is 10.4 Å². The topological polar surface area (TPSA) is 133 Å². The summed E-state index contributed by atoms with van der Waals surface area (Å²) in [4.78, 5) is 23.5. The van der Waals surface area contributed by atoms with E-state index in [-0.39, 0.29) is 6.29 Å². The molecule has 1 saturated heterocycles. The number of aliphatic hydroxyl groups excluding tert-OH is 2. The lowest BCUT2D eigenvalue weighted by molar-refractivity contribution is -0.147. The van der Waals surface area contributed by atoms with Gasteiger partial charge in [-0.1, -0.05) is 5.11 Å². The Balaban J connectivity index is 2.83. The van der Waals surface area contributed by atoms with Crippen molar-refractivity contribution in [1.29, 1.82) is 0 Å². The van der Waals surface area contributed by atoms with Crippen LogP contribution in [0, 0.1) is 0 Å². The van der Waals surface area contributed by atoms with Crippen LogP contribution in [0.2, 0.25) is 0 Å². The van der Waals surface area contributed by atoms with E-state index in [1.807, 2.05) is 0 Å². The van der Waals surface area contributed by atoms with Gasteiger partial charge in [0.2, 0.25) is 0 Å². The van der Waals surface area contributed by atoms with E-state index < -0.39 is 30.3 Å². The van der Waals surface area contributed by atoms with E-state index in [9.17, 15) is 14.7 Å². The van der Waals surface area contributed by atoms with Crippen molar-refractivity contribution in [3.05, 3.63) is 10.4 Å². The predicted octanol–water partition coefficient (Wildman–Crippen LogP) is -1.49. The lowest BCUT2D eigenvalue weighted by Crippen LogP contribution is -2.38. The first-order valence-electron chi connectivity index (χ1n) is 3.68. The first kappa shape index (κ1) is 10.5. The van der Waals surface area contributed by atoms with E-state index in [1.165, 1.54) is 0 Å². The summed E-state index contributed by atoms with van der Waals surface area (Å²) < 4.78 is 4.46. The molecule has 1 fully saturated rings. The Hall–Kier alpha value is -1.63. The monoisotopic (exact) mass is 201 g/mol. The summed E-state index contributed by atoms with van der Waals surface area (Å²) in [7, 11) is 0. The predicted molar refractivity (Wildman–Crippen MR) is 40.9 cm³/mol. The van der Waals surface area contributed by atoms with Gasteiger partial charge in [0.25, 0.3) is 0 Å². The van der Waals surface area contributed by atoms with E-state index in [0.717, 1.165) is 0 Å². The average Bonchev–Trinajstić information content (AvgIpc) is 2.42. The Labute approximate surface area is 77.7 Å². The van der Waals surface area contributed by atoms with Crippen molar-refractivity contribution in [3.8, 4) is 0 Å². The van der Waals surface area contributed by atoms with Gasteiger partial charge in [-0.25, -0.2) is 4.79 Å². The number of hydrogen-bond donors (Lipinski definition) is 2. The molecule has 0 radical (unpaired) electrons. The minimum absolute atomic E-state index is 0.235. The number of carbonyl (C=O) groups is 2. The summed E-state index contributed by atoms with van der Waals surface area (Å²) in [5.41, 5.74) is 8.06. The Morgan fingerprint density at radius 1 is 1.64 bits per heavy atom. The number of nitrogens with zero attached hydrogens (tertiary/aromatic N) is 3. The van der Waals surface area contributed by atoms with Crippen LogP contribution in [-0.4, -0.2) is 46.8 Å². The van der Waals surface area contributed by atoms with Crippen LogP contribution in [0.5, 0.6) is 0 Å². The van der Waals surface area contributed by atoms with Crippen LogP contribution >= 0.6 is 0 Å². The highest BCUT2D eigenvalue weighted by Crippen LogP contribution is 2.19. The summed E-state index contributed by atoms with van der Waals surface area (Å²) in [5, 5.41) is 21.2. The number of carbonyl (C=O) groups excluding carboxylic acids is 2. The minimum Gasteiger partial charge on any atom is -0.457 e. The van der Waals surface area contributed by atoms with Crippen molar-refractivity contribution in [2.45, 2.75) is 24.4 Å². The van der Waals surface area contributed by atoms with Crippen LogP contribution in [0.15, 0.2) is 5.11 Å². The van der Waals surface area contributed by atoms with Crippen molar-refractivity contribution < 1.29 is 24.5 Å². The molecular weight excluding hydrogens is 194 g/mol. The fourth-order valence-corrected chi connectivity index (χ4v) is 1.09. The van der Waals surface area contributed by atoms with Gasteiger partial charge < -0.3 is 19.7 Å². The zero-order valence-electron chi connectivity index (χ0n) is 6.85. The first-order chi connectivity index (χ1) is 6.61. The highest BCUT2D eigenvalue weighted by atomic mass is 16.6. The summed E-state index contributed by atoms with van der Waals surface area (Å²) in [6.45, 7) is 0. The van der Waals surface area contributed by atoms with Gasteiger partial charge in [0.05, 0.1) is 0 Å². The minimum atomic E-state index is -1.70. The quantitative estimate of drug-likeness (QED) is 0.189. The second kappa shape index (κ2) is 4.05. The van der Waals surface area contributed by atoms with E-state index in [1.54, 1.807) is 0 Å². The van der Waals surface area contributed by atoms with E-state index in [2.05, 4.69) is 14.8 Å². The molecule has 0 aromatic rings. The Morgan fingerprint density at radius 2 is 2.29 bits per heavy atom. The summed E-state index contributed by atoms with van der Waals surface area (Å²) in [6, 6.07) is -1.32. The number of aldehydes is 1. The summed E-state index contributed by atoms with van der Waals surface area (Å²) >= 11 is 0. The third kappa shape index (κ3) is 1.67. The molecule has 0 amide bonds. The van der Waals surface area contributed by atoms with Gasteiger partial charge in [-0.05, 0) is 5.53 Å². The SMILES string of the molecule is [N-]=[N+]=N[C@@H](C=O)[C@H]1OC(=O)[C@@H](O)[C@H]1O. The maximum absolute atomic E-state index is 10.7. The van der Waals surface area contributed by atoms with Crippen LogP contribution in [0.1, 0.15) is 0 Å². The van der Waals surface area contributed by atoms with Crippen LogP contribution in [0.4, 0.5) is 0 Å². The molecule has 0 bridgehead atoms. The maximum atomic E-state index is 10.7. The van der Waals surface area contributed by atoms with Crippen molar-refractivity contribution in [3.63, 3.8) is 0 Å². The van der Waals surface area contributed by atoms with E-state index in [0.29, 0.717) is 0 Å². The number of aliphatic hydroxyl groups is 2. The van der Waals surface area contributed by atoms with E-state index in [4.69, 9.17) is 10.6 Å². The zero-order valence-corrected chi connectivity index (χ0v) is 6.85. The Kier molecular flexibility index (Phi) is 3.03. The molecule has 1 heterocycles. The molecule has 0 unspecified atom stereocenters. The lowest BCUT2D eigenvalue weighted by Gasteiger charge is -2.15. The highest BCUT2D eigenvalue weighted by Gasteiger charge is 2.46. The largest absolute Gasteiger partial charge is 0.457 e. The molecular formula is C6H7N3O5. The third-order valence-electron chi connectivity index (χ3n) is 1.81. The van der Waals surface area contributed by atoms with Crippen molar-refractivity contribution in [2.24, 2.45) is 5.11 Å². The van der Waals surface area contributed by atoms with Gasteiger partial charge in [-0.15, -0.1) is 0 Å². The van der Waals surface area contributed by atoms with Crippen LogP contribution < -0.4 is 0 Å². The standard InChI is InChI=1S/C6H7N3O5/c7-9-8-2(1-10)5-3(11)4(12)6(13)14-5/h1-5,11-12H/t2-,3+,4-,5+/m0/s1. The molecule has 0 aliphatic carbocycles. The number of ether oxygens (including phenoxy) is 1. The van der Waals surface area contributed by atoms with Gasteiger partial charge in [-0.3, -0.25) is 0 Å². The van der Waals surface area contributed by atoms with Crippen LogP contribution in [0.3, 0.4) is 0 Å². The van der Waals surface area contributed by atoms with E-state index >= 15 is 0 Å². The molecule has 1 rings (SSSR count). The maximum Gasteiger partial charge on any atom is 0.338 e. The number of hydrogen-bond acceptors (Lipinski definition) is 6. The van der Waals surface area contributed by atoms with Gasteiger partial charge in [0, 0.05) is 4.91 Å². The molecule has 76 valence electrons. The van der Waals surface area contributed by atoms with Crippen molar-refractivity contribution in [2.75, 3.05) is 0 Å². The fourth-order valence-electron chi connectivity index (χ4n) is 1.09. The molecule has 0 aromatic heterocycles. The van der Waals surface area contributed by atoms with Gasteiger partial charge >= 0.3 is 5.97 Å². The number of esters is 1. The molecule has 8 heteroatoms. The zero-order chi connectivity index (χ0) is 10.7. The molecule has 14 heavy (non-hydrogen) atoms. The molecule has 1 aliphatic rings. The highest BCUT2D eigenvalue weighted by molar-refractivity contribution is 5.79. The third-order valence-corrected chi connectivity index (χ3v) is 1.81. The van der Waals surface area contributed by atoms with Gasteiger partial charge in [0.1, 0.15) is 24.5 Å². The second-order valence-corrected chi connectivity index (χ2v) is 2.67. The molecule has 0 saturated carbocycles. The van der Waals surface area contributed by atoms with Crippen LogP contribution in [-0.2, 0) is 14.3 Å². The smallest absolute Gasteiger partial charge is 0.338 e. The van der Waals surface area contributed by atoms with Crippen molar-refractivity contribution >= 4 is 12.3 Å². The fraction of sp³-hybridized carbons (Fsp3) is 0.667. The molecule has 2 N–H and O–H groups in total. The lowest BCUT2D eigenvalue weighted by atomic mass is 10.1. The average molecular weight is 201 g/mol. The number of cyclic esters (lactones) is 1. The summed E-state index contributed by atoms with van der Waals surface area (Å²) in [6.07, 6.45) is -4.33. The molecule has 0 aromatic carbocycles. The number of rotatable bonds is 3. The first-order valence-corrected chi connectivity index (χ1v) is 3.68. The molecule has 4 atom stereocenters. The molecule has 8 nitrogen and oxygen atoms in total. The second-order valence-electron chi connectivity index (χ2n) is 2.67.